The molecule has 0 aliphatic carbocycles. The van der Waals surface area contributed by atoms with E-state index in [9.17, 15) is 9.59 Å². The average molecular weight is 338 g/mol. The van der Waals surface area contributed by atoms with Crippen molar-refractivity contribution < 1.29 is 33.7 Å². The number of carbonyl (C=O) groups excluding carboxylic acids is 2. The summed E-state index contributed by atoms with van der Waals surface area (Å²) in [7, 11) is 0. The Labute approximate surface area is 140 Å². The minimum atomic E-state index is -0.833. The second-order valence-electron chi connectivity index (χ2n) is 5.36. The Hall–Kier alpha value is -2.41. The lowest BCUT2D eigenvalue weighted by Crippen LogP contribution is -2.21. The Morgan fingerprint density at radius 1 is 1.17 bits per heavy atom. The minimum absolute atomic E-state index is 0.171. The first-order valence-corrected chi connectivity index (χ1v) is 7.54. The molecule has 132 valence electrons. The van der Waals surface area contributed by atoms with Gasteiger partial charge in [-0.15, -0.1) is 0 Å². The van der Waals surface area contributed by atoms with Gasteiger partial charge in [0.25, 0.3) is 5.97 Å². The summed E-state index contributed by atoms with van der Waals surface area (Å²) in [4.78, 5) is 31.6. The maximum Gasteiger partial charge on any atom is 0.338 e. The van der Waals surface area contributed by atoms with Crippen LogP contribution in [0.3, 0.4) is 0 Å². The summed E-state index contributed by atoms with van der Waals surface area (Å²) < 4.78 is 15.6. The van der Waals surface area contributed by atoms with Gasteiger partial charge in [-0.2, -0.15) is 0 Å². The Bertz CT molecular complexity index is 561. The monoisotopic (exact) mass is 338 g/mol. The molecule has 1 aliphatic rings. The number of hydrogen-bond donors (Lipinski definition) is 1. The molecule has 7 heteroatoms. The van der Waals surface area contributed by atoms with E-state index in [1.54, 1.807) is 12.1 Å². The molecule has 2 unspecified atom stereocenters. The maximum atomic E-state index is 11.8. The molecule has 0 aromatic heterocycles. The Kier molecular flexibility index (Phi) is 7.91. The average Bonchev–Trinajstić information content (AvgIpc) is 2.91. The third-order valence-corrected chi connectivity index (χ3v) is 3.05. The lowest BCUT2D eigenvalue weighted by atomic mass is 10.1. The van der Waals surface area contributed by atoms with Gasteiger partial charge in [-0.25, -0.2) is 4.79 Å². The normalized spacial score (nSPS) is 19.0. The first-order valence-electron chi connectivity index (χ1n) is 7.54. The van der Waals surface area contributed by atoms with E-state index < -0.39 is 12.3 Å². The molecule has 0 radical (unpaired) electrons. The molecule has 1 aromatic rings. The second kappa shape index (κ2) is 9.67. The molecule has 1 fully saturated rings. The Morgan fingerprint density at radius 2 is 1.75 bits per heavy atom. The van der Waals surface area contributed by atoms with E-state index in [2.05, 4.69) is 0 Å². The molecule has 1 N–H and O–H groups in total. The van der Waals surface area contributed by atoms with E-state index >= 15 is 0 Å². The first-order chi connectivity index (χ1) is 11.3. The van der Waals surface area contributed by atoms with Crippen LogP contribution in [0, 0.1) is 6.92 Å². The van der Waals surface area contributed by atoms with Crippen molar-refractivity contribution in [2.45, 2.75) is 46.0 Å². The predicted octanol–water partition coefficient (Wildman–Crippen LogP) is 2.31. The summed E-state index contributed by atoms with van der Waals surface area (Å²) in [5.41, 5.74) is 1.61. The van der Waals surface area contributed by atoms with Crippen LogP contribution in [0.4, 0.5) is 0 Å². The number of aliphatic carboxylic acids is 1. The summed E-state index contributed by atoms with van der Waals surface area (Å²) in [6, 6.07) is 7.18. The molecule has 1 aliphatic heterocycles. The molecule has 24 heavy (non-hydrogen) atoms. The number of rotatable bonds is 4. The van der Waals surface area contributed by atoms with Crippen molar-refractivity contribution in [2.24, 2.45) is 0 Å². The standard InChI is InChI=1S/C15H18O5.C2H4O2/c1-10-3-5-12(6-4-10)15(17)18-9-13-7-8-14(20-13)19-11(2)16;1-2(3)4/h3-6,13-14H,7-9H2,1-2H3;1H3,(H,3,4). The van der Waals surface area contributed by atoms with Crippen LogP contribution in [0.15, 0.2) is 24.3 Å². The number of carboxylic acid groups (broad SMARTS) is 1. The fourth-order valence-corrected chi connectivity index (χ4v) is 2.01. The Morgan fingerprint density at radius 3 is 2.29 bits per heavy atom. The lowest BCUT2D eigenvalue weighted by molar-refractivity contribution is -0.174. The molecule has 0 saturated carbocycles. The van der Waals surface area contributed by atoms with E-state index in [-0.39, 0.29) is 24.6 Å². The number of benzene rings is 1. The van der Waals surface area contributed by atoms with Crippen molar-refractivity contribution in [3.05, 3.63) is 35.4 Å². The summed E-state index contributed by atoms with van der Waals surface area (Å²) in [6.07, 6.45) is 0.607. The van der Waals surface area contributed by atoms with Gasteiger partial charge in [-0.3, -0.25) is 9.59 Å². The molecule has 7 nitrogen and oxygen atoms in total. The van der Waals surface area contributed by atoms with Crippen molar-refractivity contribution in [1.82, 2.24) is 0 Å². The van der Waals surface area contributed by atoms with Crippen LogP contribution in [-0.4, -0.2) is 42.0 Å². The van der Waals surface area contributed by atoms with Crippen molar-refractivity contribution in [3.63, 3.8) is 0 Å². The minimum Gasteiger partial charge on any atom is -0.481 e. The third-order valence-electron chi connectivity index (χ3n) is 3.05. The number of ether oxygens (including phenoxy) is 3. The fourth-order valence-electron chi connectivity index (χ4n) is 2.01. The van der Waals surface area contributed by atoms with Crippen molar-refractivity contribution in [1.29, 1.82) is 0 Å². The van der Waals surface area contributed by atoms with E-state index in [4.69, 9.17) is 24.1 Å². The van der Waals surface area contributed by atoms with Gasteiger partial charge in [0, 0.05) is 20.3 Å². The molecular formula is C17H22O7. The van der Waals surface area contributed by atoms with Crippen molar-refractivity contribution in [3.8, 4) is 0 Å². The first kappa shape index (κ1) is 19.6. The van der Waals surface area contributed by atoms with Gasteiger partial charge in [-0.05, 0) is 25.5 Å². The van der Waals surface area contributed by atoms with Crippen molar-refractivity contribution >= 4 is 17.9 Å². The van der Waals surface area contributed by atoms with Crippen LogP contribution in [0.1, 0.15) is 42.6 Å². The molecule has 2 atom stereocenters. The summed E-state index contributed by atoms with van der Waals surface area (Å²) >= 11 is 0. The zero-order valence-corrected chi connectivity index (χ0v) is 14.0. The van der Waals surface area contributed by atoms with E-state index in [0.717, 1.165) is 12.5 Å². The number of carboxylic acids is 1. The van der Waals surface area contributed by atoms with Gasteiger partial charge in [0.2, 0.25) is 6.29 Å². The lowest BCUT2D eigenvalue weighted by Gasteiger charge is -2.13. The number of esters is 2. The second-order valence-corrected chi connectivity index (χ2v) is 5.36. The van der Waals surface area contributed by atoms with Crippen LogP contribution in [0.5, 0.6) is 0 Å². The van der Waals surface area contributed by atoms with Gasteiger partial charge in [-0.1, -0.05) is 17.7 Å². The topological polar surface area (TPSA) is 99.1 Å². The van der Waals surface area contributed by atoms with Crippen molar-refractivity contribution in [2.75, 3.05) is 6.61 Å². The summed E-state index contributed by atoms with van der Waals surface area (Å²) in [5, 5.41) is 7.42. The summed E-state index contributed by atoms with van der Waals surface area (Å²) in [6.45, 7) is 4.55. The highest BCUT2D eigenvalue weighted by atomic mass is 16.7. The third kappa shape index (κ3) is 7.73. The van der Waals surface area contributed by atoms with Gasteiger partial charge >= 0.3 is 11.9 Å². The number of hydrogen-bond acceptors (Lipinski definition) is 6. The molecule has 0 bridgehead atoms. The molecule has 0 amide bonds. The highest BCUT2D eigenvalue weighted by Crippen LogP contribution is 2.21. The molecular weight excluding hydrogens is 316 g/mol. The highest BCUT2D eigenvalue weighted by Gasteiger charge is 2.28. The van der Waals surface area contributed by atoms with Gasteiger partial charge < -0.3 is 19.3 Å². The van der Waals surface area contributed by atoms with E-state index in [1.807, 2.05) is 19.1 Å². The zero-order valence-electron chi connectivity index (χ0n) is 14.0. The zero-order chi connectivity index (χ0) is 18.1. The smallest absolute Gasteiger partial charge is 0.338 e. The van der Waals surface area contributed by atoms with Crippen LogP contribution in [0.25, 0.3) is 0 Å². The maximum absolute atomic E-state index is 11.8. The molecule has 1 aromatic carbocycles. The fraction of sp³-hybridized carbons (Fsp3) is 0.471. The van der Waals surface area contributed by atoms with E-state index in [0.29, 0.717) is 18.4 Å². The Balaban J connectivity index is 0.000000648. The van der Waals surface area contributed by atoms with E-state index in [1.165, 1.54) is 6.92 Å². The number of carbonyl (C=O) groups is 3. The van der Waals surface area contributed by atoms with Gasteiger partial charge in [0.05, 0.1) is 11.7 Å². The summed E-state index contributed by atoms with van der Waals surface area (Å²) in [5.74, 6) is -1.57. The van der Waals surface area contributed by atoms with Crippen LogP contribution >= 0.6 is 0 Å². The van der Waals surface area contributed by atoms with Crippen LogP contribution in [-0.2, 0) is 23.8 Å². The molecule has 2 rings (SSSR count). The molecule has 1 heterocycles. The van der Waals surface area contributed by atoms with Crippen LogP contribution in [0.2, 0.25) is 0 Å². The SMILES string of the molecule is CC(=O)O.CC(=O)OC1CCC(COC(=O)c2ccc(C)cc2)O1. The molecule has 1 saturated heterocycles. The molecule has 0 spiro atoms. The predicted molar refractivity (Wildman–Crippen MR) is 84.4 cm³/mol. The van der Waals surface area contributed by atoms with Gasteiger partial charge in [0.15, 0.2) is 0 Å². The highest BCUT2D eigenvalue weighted by molar-refractivity contribution is 5.89. The quantitative estimate of drug-likeness (QED) is 0.841. The largest absolute Gasteiger partial charge is 0.481 e. The van der Waals surface area contributed by atoms with Gasteiger partial charge in [0.1, 0.15) is 6.61 Å². The van der Waals surface area contributed by atoms with Crippen LogP contribution < -0.4 is 0 Å². The number of aryl methyl sites for hydroxylation is 1.